The smallest absolute Gasteiger partial charge is 0.313 e. The topological polar surface area (TPSA) is 96.4 Å². The van der Waals surface area contributed by atoms with Crippen molar-refractivity contribution in [2.75, 3.05) is 19.8 Å². The number of rotatable bonds is 6. The summed E-state index contributed by atoms with van der Waals surface area (Å²) in [6, 6.07) is 7.82. The first-order valence-electron chi connectivity index (χ1n) is 13.8. The van der Waals surface area contributed by atoms with Gasteiger partial charge >= 0.3 is 5.97 Å². The van der Waals surface area contributed by atoms with Crippen LogP contribution in [0.3, 0.4) is 0 Å². The monoisotopic (exact) mass is 522 g/mol. The number of allylic oxidation sites excluding steroid dienone is 1. The van der Waals surface area contributed by atoms with Gasteiger partial charge in [-0.1, -0.05) is 61.6 Å². The summed E-state index contributed by atoms with van der Waals surface area (Å²) in [5.74, 6) is -2.90. The number of esters is 1. The number of likely N-dealkylation sites (tertiary alicyclic amines) is 1. The first-order valence-corrected chi connectivity index (χ1v) is 13.8. The third kappa shape index (κ3) is 4.09. The lowest BCUT2D eigenvalue weighted by molar-refractivity contribution is -0.163. The predicted molar refractivity (Wildman–Crippen MR) is 141 cm³/mol. The van der Waals surface area contributed by atoms with E-state index in [0.29, 0.717) is 25.8 Å². The van der Waals surface area contributed by atoms with Gasteiger partial charge in [0, 0.05) is 12.6 Å². The van der Waals surface area contributed by atoms with Crippen molar-refractivity contribution in [1.82, 2.24) is 9.80 Å². The number of benzene rings is 1. The van der Waals surface area contributed by atoms with Crippen LogP contribution in [0.25, 0.3) is 0 Å². The molecule has 4 aliphatic heterocycles. The van der Waals surface area contributed by atoms with Crippen LogP contribution in [0.4, 0.5) is 0 Å². The summed E-state index contributed by atoms with van der Waals surface area (Å²) in [7, 11) is 0. The third-order valence-corrected chi connectivity index (χ3v) is 8.64. The number of hydrogen-bond donors (Lipinski definition) is 1. The molecule has 38 heavy (non-hydrogen) atoms. The van der Waals surface area contributed by atoms with E-state index in [9.17, 15) is 19.5 Å². The van der Waals surface area contributed by atoms with Crippen LogP contribution in [0.5, 0.6) is 0 Å². The van der Waals surface area contributed by atoms with Crippen LogP contribution in [-0.2, 0) is 30.3 Å². The summed E-state index contributed by atoms with van der Waals surface area (Å²) in [5.41, 5.74) is -1.49. The Bertz CT molecular complexity index is 1130. The van der Waals surface area contributed by atoms with E-state index in [4.69, 9.17) is 9.47 Å². The van der Waals surface area contributed by atoms with Crippen molar-refractivity contribution < 1.29 is 29.0 Å². The zero-order chi connectivity index (χ0) is 27.1. The highest BCUT2D eigenvalue weighted by Crippen LogP contribution is 2.58. The van der Waals surface area contributed by atoms with Gasteiger partial charge < -0.3 is 24.4 Å². The largest absolute Gasteiger partial charge is 0.465 e. The molecule has 1 aromatic carbocycles. The molecular weight excluding hydrogens is 484 g/mol. The van der Waals surface area contributed by atoms with Crippen LogP contribution in [0.2, 0.25) is 0 Å². The van der Waals surface area contributed by atoms with Crippen LogP contribution in [-0.4, -0.2) is 81.8 Å². The number of carbonyl (C=O) groups is 3. The number of fused-ring (bicyclic) bond motifs is 2. The molecule has 1 aromatic rings. The Balaban J connectivity index is 1.67. The molecule has 0 aromatic heterocycles. The number of aliphatic hydroxyl groups excluding tert-OH is 1. The highest BCUT2D eigenvalue weighted by atomic mass is 16.6. The van der Waals surface area contributed by atoms with E-state index in [0.717, 1.165) is 12.0 Å². The van der Waals surface area contributed by atoms with Crippen LogP contribution >= 0.6 is 0 Å². The maximum atomic E-state index is 14.5. The van der Waals surface area contributed by atoms with Gasteiger partial charge in [0.2, 0.25) is 11.8 Å². The zero-order valence-corrected chi connectivity index (χ0v) is 22.4. The molecule has 0 bridgehead atoms. The van der Waals surface area contributed by atoms with E-state index in [1.54, 1.807) is 4.90 Å². The third-order valence-electron chi connectivity index (χ3n) is 8.64. The van der Waals surface area contributed by atoms with Crippen molar-refractivity contribution in [1.29, 1.82) is 0 Å². The Morgan fingerprint density at radius 2 is 1.82 bits per heavy atom. The first-order chi connectivity index (χ1) is 18.3. The van der Waals surface area contributed by atoms with E-state index in [1.165, 1.54) is 4.90 Å². The summed E-state index contributed by atoms with van der Waals surface area (Å²) in [4.78, 5) is 45.7. The molecule has 6 atom stereocenters. The minimum Gasteiger partial charge on any atom is -0.465 e. The lowest BCUT2D eigenvalue weighted by Crippen LogP contribution is -2.60. The second kappa shape index (κ2) is 10.3. The summed E-state index contributed by atoms with van der Waals surface area (Å²) in [5, 5.41) is 10.6. The Kier molecular flexibility index (Phi) is 7.22. The molecule has 0 aliphatic carbocycles. The van der Waals surface area contributed by atoms with Crippen LogP contribution in [0.1, 0.15) is 45.6 Å². The number of nitrogens with zero attached hydrogens (tertiary/aromatic N) is 2. The predicted octanol–water partition coefficient (Wildman–Crippen LogP) is 2.65. The highest BCUT2D eigenvalue weighted by molar-refractivity contribution is 5.99. The zero-order valence-electron chi connectivity index (χ0n) is 22.4. The van der Waals surface area contributed by atoms with E-state index in [2.05, 4.69) is 0 Å². The minimum atomic E-state index is -1.36. The summed E-state index contributed by atoms with van der Waals surface area (Å²) >= 11 is 0. The van der Waals surface area contributed by atoms with Gasteiger partial charge in [0.25, 0.3) is 0 Å². The number of amides is 2. The molecule has 0 radical (unpaired) electrons. The average Bonchev–Trinajstić information content (AvgIpc) is 3.29. The Morgan fingerprint density at radius 3 is 2.50 bits per heavy atom. The molecule has 0 saturated carbocycles. The first kappa shape index (κ1) is 26.6. The highest BCUT2D eigenvalue weighted by Gasteiger charge is 2.75. The fourth-order valence-corrected chi connectivity index (χ4v) is 6.83. The molecule has 5 rings (SSSR count). The van der Waals surface area contributed by atoms with Crippen molar-refractivity contribution in [3.8, 4) is 0 Å². The Labute approximate surface area is 224 Å². The van der Waals surface area contributed by atoms with Crippen LogP contribution in [0.15, 0.2) is 54.6 Å². The summed E-state index contributed by atoms with van der Waals surface area (Å²) < 4.78 is 12.6. The Morgan fingerprint density at radius 1 is 1.05 bits per heavy atom. The normalized spacial score (nSPS) is 34.6. The number of hydrogen-bond acceptors (Lipinski definition) is 6. The average molecular weight is 523 g/mol. The lowest BCUT2D eigenvalue weighted by Gasteiger charge is -2.41. The molecular formula is C30H38N2O6. The standard InChI is InChI=1S/C30H38N2O6/c1-4-29-14-9-6-10-17-37-28(36)24(29)23-26(34)32(22(19-33)18-21-12-7-5-8-13-21)25-27(35)31(20(2)3)16-11-15-30(23,25)38-29/h5,7-9,11-15,20,22-25,33H,4,6,10,16-19H2,1-3H3/b14-9-/t22-,23+,24-,25?,29+,30+/m1/s1. The maximum Gasteiger partial charge on any atom is 0.313 e. The van der Waals surface area contributed by atoms with Gasteiger partial charge in [-0.2, -0.15) is 0 Å². The van der Waals surface area contributed by atoms with Gasteiger partial charge in [-0.3, -0.25) is 14.4 Å². The Hall–Kier alpha value is -2.97. The second-order valence-electron chi connectivity index (χ2n) is 11.1. The van der Waals surface area contributed by atoms with E-state index in [-0.39, 0.29) is 31.1 Å². The fraction of sp³-hybridized carbons (Fsp3) is 0.567. The number of aliphatic hydroxyl groups is 1. The molecule has 2 saturated heterocycles. The molecule has 4 heterocycles. The van der Waals surface area contributed by atoms with Crippen molar-refractivity contribution >= 4 is 17.8 Å². The van der Waals surface area contributed by atoms with Crippen molar-refractivity contribution in [2.24, 2.45) is 11.8 Å². The fourth-order valence-electron chi connectivity index (χ4n) is 6.83. The van der Waals surface area contributed by atoms with Crippen LogP contribution in [0, 0.1) is 11.8 Å². The van der Waals surface area contributed by atoms with Crippen molar-refractivity contribution in [2.45, 2.75) is 75.8 Å². The summed E-state index contributed by atoms with van der Waals surface area (Å²) in [6.45, 7) is 6.13. The van der Waals surface area contributed by atoms with Gasteiger partial charge in [0.1, 0.15) is 23.2 Å². The molecule has 204 valence electrons. The quantitative estimate of drug-likeness (QED) is 0.456. The van der Waals surface area contributed by atoms with Crippen molar-refractivity contribution in [3.63, 3.8) is 0 Å². The van der Waals surface area contributed by atoms with E-state index in [1.807, 2.05) is 75.4 Å². The number of carbonyl (C=O) groups excluding carboxylic acids is 3. The number of cyclic esters (lactones) is 1. The molecule has 8 heteroatoms. The van der Waals surface area contributed by atoms with Gasteiger partial charge in [0.15, 0.2) is 0 Å². The molecule has 2 fully saturated rings. The molecule has 1 unspecified atom stereocenters. The molecule has 1 N–H and O–H groups in total. The van der Waals surface area contributed by atoms with Gasteiger partial charge in [0.05, 0.1) is 25.2 Å². The lowest BCUT2D eigenvalue weighted by atomic mass is 9.73. The SMILES string of the molecule is CC[C@]12/C=C\CCCOC(=O)[C@H]1[C@H]1C(=O)N([C@@H](CO)Cc3ccccc3)C3C(=O)N(C(C)C)CC=C[C@@]31O2. The van der Waals surface area contributed by atoms with Gasteiger partial charge in [-0.05, 0) is 45.1 Å². The maximum absolute atomic E-state index is 14.5. The van der Waals surface area contributed by atoms with Crippen LogP contribution < -0.4 is 0 Å². The van der Waals surface area contributed by atoms with E-state index >= 15 is 0 Å². The minimum absolute atomic E-state index is 0.108. The molecule has 4 aliphatic rings. The summed E-state index contributed by atoms with van der Waals surface area (Å²) in [6.07, 6.45) is 9.89. The van der Waals surface area contributed by atoms with Gasteiger partial charge in [-0.25, -0.2) is 0 Å². The second-order valence-corrected chi connectivity index (χ2v) is 11.1. The van der Waals surface area contributed by atoms with E-state index < -0.39 is 41.1 Å². The van der Waals surface area contributed by atoms with Crippen molar-refractivity contribution in [3.05, 3.63) is 60.2 Å². The molecule has 1 spiro atoms. The number of ether oxygens (including phenoxy) is 2. The molecule has 8 nitrogen and oxygen atoms in total. The molecule has 2 amide bonds. The van der Waals surface area contributed by atoms with Gasteiger partial charge in [-0.15, -0.1) is 0 Å².